The van der Waals surface area contributed by atoms with E-state index in [0.29, 0.717) is 16.8 Å². The molecule has 2 aromatic carbocycles. The number of hydrogen-bond donors (Lipinski definition) is 2. The minimum Gasteiger partial charge on any atom is -0.489 e. The molecule has 0 fully saturated rings. The molecule has 2 rings (SSSR count). The van der Waals surface area contributed by atoms with Gasteiger partial charge in [-0.05, 0) is 35.3 Å². The lowest BCUT2D eigenvalue weighted by atomic mass is 9.80. The maximum atomic E-state index is 12.9. The van der Waals surface area contributed by atoms with Crippen molar-refractivity contribution in [1.82, 2.24) is 0 Å². The number of ether oxygens (including phenoxy) is 1. The molecule has 5 heteroatoms. The number of rotatable bonds is 4. The van der Waals surface area contributed by atoms with Crippen LogP contribution in [0.3, 0.4) is 0 Å². The average molecular weight is 246 g/mol. The quantitative estimate of drug-likeness (QED) is 0.794. The van der Waals surface area contributed by atoms with Crippen LogP contribution in [0.5, 0.6) is 5.75 Å². The Labute approximate surface area is 105 Å². The topological polar surface area (TPSA) is 49.7 Å². The van der Waals surface area contributed by atoms with Gasteiger partial charge in [0.2, 0.25) is 0 Å². The second-order valence-corrected chi connectivity index (χ2v) is 3.86. The predicted molar refractivity (Wildman–Crippen MR) is 67.0 cm³/mol. The molecule has 0 saturated heterocycles. The van der Waals surface area contributed by atoms with E-state index in [1.165, 1.54) is 18.2 Å². The smallest absolute Gasteiger partial charge is 0.488 e. The number of benzene rings is 2. The Balaban J connectivity index is 2.04. The van der Waals surface area contributed by atoms with Gasteiger partial charge in [-0.15, -0.1) is 0 Å². The van der Waals surface area contributed by atoms with Gasteiger partial charge in [0.25, 0.3) is 0 Å². The summed E-state index contributed by atoms with van der Waals surface area (Å²) in [5.74, 6) is 0.195. The van der Waals surface area contributed by atoms with E-state index in [2.05, 4.69) is 0 Å². The second kappa shape index (κ2) is 5.66. The van der Waals surface area contributed by atoms with Crippen LogP contribution in [0.15, 0.2) is 48.5 Å². The Morgan fingerprint density at radius 2 is 1.83 bits per heavy atom. The van der Waals surface area contributed by atoms with Crippen LogP contribution >= 0.6 is 0 Å². The zero-order valence-electron chi connectivity index (χ0n) is 9.58. The van der Waals surface area contributed by atoms with Crippen LogP contribution in [0, 0.1) is 5.82 Å². The van der Waals surface area contributed by atoms with Crippen LogP contribution in [-0.2, 0) is 6.61 Å². The van der Waals surface area contributed by atoms with Crippen molar-refractivity contribution in [2.24, 2.45) is 0 Å². The largest absolute Gasteiger partial charge is 0.489 e. The SMILES string of the molecule is OB(O)c1cccc(OCc2cccc(F)c2)c1. The highest BCUT2D eigenvalue weighted by Crippen LogP contribution is 2.11. The average Bonchev–Trinajstić information content (AvgIpc) is 2.37. The molecule has 0 spiro atoms. The highest BCUT2D eigenvalue weighted by molar-refractivity contribution is 6.58. The molecule has 0 heterocycles. The van der Waals surface area contributed by atoms with E-state index in [1.54, 1.807) is 30.3 Å². The van der Waals surface area contributed by atoms with Gasteiger partial charge >= 0.3 is 7.12 Å². The highest BCUT2D eigenvalue weighted by Gasteiger charge is 2.11. The van der Waals surface area contributed by atoms with E-state index in [9.17, 15) is 4.39 Å². The Kier molecular flexibility index (Phi) is 3.97. The summed E-state index contributed by atoms with van der Waals surface area (Å²) in [6.45, 7) is 0.225. The standard InChI is InChI=1S/C13H12BFO3/c15-12-5-1-3-10(7-12)9-18-13-6-2-4-11(8-13)14(16)17/h1-8,16-17H,9H2. The lowest BCUT2D eigenvalue weighted by molar-refractivity contribution is 0.305. The molecular formula is C13H12BFO3. The summed E-state index contributed by atoms with van der Waals surface area (Å²) >= 11 is 0. The molecule has 0 aromatic heterocycles. The Morgan fingerprint density at radius 1 is 1.06 bits per heavy atom. The van der Waals surface area contributed by atoms with Gasteiger partial charge in [0.15, 0.2) is 0 Å². The van der Waals surface area contributed by atoms with Crippen LogP contribution in [0.1, 0.15) is 5.56 Å². The zero-order valence-corrected chi connectivity index (χ0v) is 9.58. The third-order valence-electron chi connectivity index (χ3n) is 2.45. The fraction of sp³-hybridized carbons (Fsp3) is 0.0769. The van der Waals surface area contributed by atoms with Crippen molar-refractivity contribution in [1.29, 1.82) is 0 Å². The lowest BCUT2D eigenvalue weighted by Crippen LogP contribution is -2.29. The molecule has 0 saturated carbocycles. The Morgan fingerprint density at radius 3 is 2.56 bits per heavy atom. The van der Waals surface area contributed by atoms with Gasteiger partial charge in [0, 0.05) is 0 Å². The summed E-state index contributed by atoms with van der Waals surface area (Å²) in [6.07, 6.45) is 0. The van der Waals surface area contributed by atoms with Crippen LogP contribution in [0.25, 0.3) is 0 Å². The van der Waals surface area contributed by atoms with Gasteiger partial charge in [0.05, 0.1) is 0 Å². The first-order valence-corrected chi connectivity index (χ1v) is 5.48. The first-order valence-electron chi connectivity index (χ1n) is 5.48. The third kappa shape index (κ3) is 3.32. The van der Waals surface area contributed by atoms with Crippen LogP contribution in [0.2, 0.25) is 0 Å². The van der Waals surface area contributed by atoms with Crippen molar-refractivity contribution in [2.45, 2.75) is 6.61 Å². The molecule has 18 heavy (non-hydrogen) atoms. The summed E-state index contributed by atoms with van der Waals surface area (Å²) < 4.78 is 18.4. The van der Waals surface area contributed by atoms with Crippen molar-refractivity contribution < 1.29 is 19.2 Å². The van der Waals surface area contributed by atoms with Gasteiger partial charge < -0.3 is 14.8 Å². The molecule has 0 unspecified atom stereocenters. The maximum Gasteiger partial charge on any atom is 0.488 e. The molecule has 2 N–H and O–H groups in total. The van der Waals surface area contributed by atoms with Gasteiger partial charge in [0.1, 0.15) is 18.2 Å². The van der Waals surface area contributed by atoms with Crippen molar-refractivity contribution >= 4 is 12.6 Å². The molecule has 3 nitrogen and oxygen atoms in total. The summed E-state index contributed by atoms with van der Waals surface area (Å²) in [7, 11) is -1.53. The molecule has 2 aromatic rings. The fourth-order valence-corrected chi connectivity index (χ4v) is 1.56. The molecule has 0 aliphatic rings. The fourth-order valence-electron chi connectivity index (χ4n) is 1.56. The third-order valence-corrected chi connectivity index (χ3v) is 2.45. The van der Waals surface area contributed by atoms with Gasteiger partial charge in [-0.2, -0.15) is 0 Å². The van der Waals surface area contributed by atoms with Crippen molar-refractivity contribution in [3.05, 3.63) is 59.9 Å². The van der Waals surface area contributed by atoms with Crippen molar-refractivity contribution in [2.75, 3.05) is 0 Å². The van der Waals surface area contributed by atoms with Crippen molar-refractivity contribution in [3.8, 4) is 5.75 Å². The lowest BCUT2D eigenvalue weighted by Gasteiger charge is -2.08. The molecule has 0 aliphatic carbocycles. The zero-order chi connectivity index (χ0) is 13.0. The molecule has 0 aliphatic heterocycles. The predicted octanol–water partition coefficient (Wildman–Crippen LogP) is 1.08. The first kappa shape index (κ1) is 12.6. The minimum absolute atomic E-state index is 0.225. The first-order chi connectivity index (χ1) is 8.65. The van der Waals surface area contributed by atoms with Crippen molar-refractivity contribution in [3.63, 3.8) is 0 Å². The van der Waals surface area contributed by atoms with Gasteiger partial charge in [-0.25, -0.2) is 4.39 Å². The molecule has 92 valence electrons. The van der Waals surface area contributed by atoms with E-state index in [1.807, 2.05) is 0 Å². The molecule has 0 amide bonds. The van der Waals surface area contributed by atoms with E-state index >= 15 is 0 Å². The summed E-state index contributed by atoms with van der Waals surface area (Å²) in [6, 6.07) is 12.6. The van der Waals surface area contributed by atoms with Crippen LogP contribution in [0.4, 0.5) is 4.39 Å². The normalized spacial score (nSPS) is 10.2. The summed E-state index contributed by atoms with van der Waals surface area (Å²) in [5.41, 5.74) is 1.07. The van der Waals surface area contributed by atoms with E-state index in [-0.39, 0.29) is 12.4 Å². The molecule has 0 atom stereocenters. The Bertz CT molecular complexity index is 531. The summed E-state index contributed by atoms with van der Waals surface area (Å²) in [5, 5.41) is 18.0. The number of hydrogen-bond acceptors (Lipinski definition) is 3. The monoisotopic (exact) mass is 246 g/mol. The highest BCUT2D eigenvalue weighted by atomic mass is 19.1. The summed E-state index contributed by atoms with van der Waals surface area (Å²) in [4.78, 5) is 0. The van der Waals surface area contributed by atoms with E-state index in [4.69, 9.17) is 14.8 Å². The van der Waals surface area contributed by atoms with E-state index < -0.39 is 7.12 Å². The number of halogens is 1. The molecular weight excluding hydrogens is 234 g/mol. The van der Waals surface area contributed by atoms with Crippen LogP contribution < -0.4 is 10.2 Å². The molecule has 0 bridgehead atoms. The molecule has 0 radical (unpaired) electrons. The Hall–Kier alpha value is -1.85. The second-order valence-electron chi connectivity index (χ2n) is 3.86. The van der Waals surface area contributed by atoms with Crippen LogP contribution in [-0.4, -0.2) is 17.2 Å². The van der Waals surface area contributed by atoms with Gasteiger partial charge in [-0.3, -0.25) is 0 Å². The minimum atomic E-state index is -1.53. The van der Waals surface area contributed by atoms with E-state index in [0.717, 1.165) is 0 Å². The maximum absolute atomic E-state index is 12.9. The van der Waals surface area contributed by atoms with Gasteiger partial charge in [-0.1, -0.05) is 24.3 Å².